The molecule has 0 radical (unpaired) electrons. The first kappa shape index (κ1) is 18.0. The number of hydrogen-bond acceptors (Lipinski definition) is 3. The van der Waals surface area contributed by atoms with E-state index in [9.17, 15) is 4.79 Å². The summed E-state index contributed by atoms with van der Waals surface area (Å²) in [5.74, 6) is 0.737. The number of nitrogens with one attached hydrogen (secondary N) is 2. The van der Waals surface area contributed by atoms with Gasteiger partial charge in [-0.15, -0.1) is 0 Å². The van der Waals surface area contributed by atoms with Crippen LogP contribution < -0.4 is 15.4 Å². The van der Waals surface area contributed by atoms with Crippen molar-refractivity contribution in [3.05, 3.63) is 58.7 Å². The maximum absolute atomic E-state index is 12.3. The Balaban J connectivity index is 1.77. The van der Waals surface area contributed by atoms with Gasteiger partial charge in [0.05, 0.1) is 23.5 Å². The Bertz CT molecular complexity index is 916. The highest BCUT2D eigenvalue weighted by molar-refractivity contribution is 9.10. The minimum Gasteiger partial charge on any atom is -0.497 e. The van der Waals surface area contributed by atoms with Gasteiger partial charge in [0, 0.05) is 24.0 Å². The predicted octanol–water partition coefficient (Wildman–Crippen LogP) is 4.81. The molecule has 0 fully saturated rings. The highest BCUT2D eigenvalue weighted by Crippen LogP contribution is 2.32. The number of nitrogens with zero attached hydrogens (tertiary/aromatic N) is 2. The van der Waals surface area contributed by atoms with Crippen molar-refractivity contribution in [1.82, 2.24) is 9.78 Å². The second-order valence-electron chi connectivity index (χ2n) is 5.80. The van der Waals surface area contributed by atoms with Gasteiger partial charge < -0.3 is 15.4 Å². The molecular formula is C19H19BrN4O2. The number of hydrogen-bond donors (Lipinski definition) is 2. The molecule has 0 bridgehead atoms. The van der Waals surface area contributed by atoms with Crippen LogP contribution in [-0.4, -0.2) is 22.9 Å². The summed E-state index contributed by atoms with van der Waals surface area (Å²) < 4.78 is 7.81. The van der Waals surface area contributed by atoms with Gasteiger partial charge in [-0.05, 0) is 64.8 Å². The summed E-state index contributed by atoms with van der Waals surface area (Å²) in [6.45, 7) is 2.02. The van der Waals surface area contributed by atoms with Crippen LogP contribution in [0.2, 0.25) is 0 Å². The second-order valence-corrected chi connectivity index (χ2v) is 6.66. The van der Waals surface area contributed by atoms with Gasteiger partial charge in [-0.2, -0.15) is 5.10 Å². The van der Waals surface area contributed by atoms with Crippen molar-refractivity contribution < 1.29 is 9.53 Å². The summed E-state index contributed by atoms with van der Waals surface area (Å²) in [4.78, 5) is 12.3. The lowest BCUT2D eigenvalue weighted by atomic mass is 10.0. The topological polar surface area (TPSA) is 68.2 Å². The highest BCUT2D eigenvalue weighted by Gasteiger charge is 2.13. The van der Waals surface area contributed by atoms with E-state index in [2.05, 4.69) is 31.7 Å². The molecular weight excluding hydrogens is 396 g/mol. The zero-order valence-corrected chi connectivity index (χ0v) is 16.3. The number of rotatable bonds is 4. The summed E-state index contributed by atoms with van der Waals surface area (Å²) in [5, 5.41) is 9.92. The van der Waals surface area contributed by atoms with E-state index in [1.807, 2.05) is 32.2 Å². The summed E-state index contributed by atoms with van der Waals surface area (Å²) in [6, 6.07) is 12.6. The first-order valence-corrected chi connectivity index (χ1v) is 8.78. The van der Waals surface area contributed by atoms with E-state index >= 15 is 0 Å². The molecule has 0 saturated heterocycles. The van der Waals surface area contributed by atoms with Gasteiger partial charge in [0.2, 0.25) is 0 Å². The Hall–Kier alpha value is -2.80. The predicted molar refractivity (Wildman–Crippen MR) is 107 cm³/mol. The highest BCUT2D eigenvalue weighted by atomic mass is 79.9. The van der Waals surface area contributed by atoms with E-state index in [1.165, 1.54) is 0 Å². The number of ether oxygens (including phenoxy) is 1. The summed E-state index contributed by atoms with van der Waals surface area (Å²) in [7, 11) is 3.49. The van der Waals surface area contributed by atoms with E-state index in [-0.39, 0.29) is 6.03 Å². The first-order chi connectivity index (χ1) is 12.5. The van der Waals surface area contributed by atoms with Gasteiger partial charge >= 0.3 is 6.03 Å². The normalized spacial score (nSPS) is 10.5. The van der Waals surface area contributed by atoms with Gasteiger partial charge in [0.15, 0.2) is 0 Å². The first-order valence-electron chi connectivity index (χ1n) is 7.98. The molecule has 0 aliphatic carbocycles. The van der Waals surface area contributed by atoms with Crippen molar-refractivity contribution in [2.24, 2.45) is 7.05 Å². The lowest BCUT2D eigenvalue weighted by Gasteiger charge is -2.12. The summed E-state index contributed by atoms with van der Waals surface area (Å²) >= 11 is 3.53. The van der Waals surface area contributed by atoms with Crippen LogP contribution in [0.15, 0.2) is 53.1 Å². The fourth-order valence-corrected chi connectivity index (χ4v) is 3.20. The van der Waals surface area contributed by atoms with Crippen LogP contribution in [0.25, 0.3) is 11.3 Å². The third-order valence-corrected chi connectivity index (χ3v) is 4.57. The molecule has 3 aromatic rings. The molecule has 1 aromatic heterocycles. The van der Waals surface area contributed by atoms with Crippen LogP contribution in [0.5, 0.6) is 5.75 Å². The minimum absolute atomic E-state index is 0.311. The maximum Gasteiger partial charge on any atom is 0.323 e. The fraction of sp³-hybridized carbons (Fsp3) is 0.158. The third kappa shape index (κ3) is 3.88. The molecule has 2 N–H and O–H groups in total. The van der Waals surface area contributed by atoms with Crippen molar-refractivity contribution >= 4 is 33.3 Å². The average molecular weight is 415 g/mol. The van der Waals surface area contributed by atoms with Crippen LogP contribution in [0.1, 0.15) is 5.56 Å². The summed E-state index contributed by atoms with van der Waals surface area (Å²) in [6.07, 6.45) is 1.76. The molecule has 26 heavy (non-hydrogen) atoms. The average Bonchev–Trinajstić information content (AvgIpc) is 2.96. The fourth-order valence-electron chi connectivity index (χ4n) is 2.64. The van der Waals surface area contributed by atoms with Crippen molar-refractivity contribution in [2.45, 2.75) is 6.92 Å². The van der Waals surface area contributed by atoms with E-state index < -0.39 is 0 Å². The van der Waals surface area contributed by atoms with E-state index in [0.717, 1.165) is 27.0 Å². The number of methoxy groups -OCH3 is 1. The molecule has 0 unspecified atom stereocenters. The molecule has 0 aliphatic rings. The van der Waals surface area contributed by atoms with Gasteiger partial charge in [-0.25, -0.2) is 4.79 Å². The maximum atomic E-state index is 12.3. The third-order valence-electron chi connectivity index (χ3n) is 3.99. The largest absolute Gasteiger partial charge is 0.497 e. The molecule has 2 aromatic carbocycles. The standard InChI is InChI=1S/C19H19BrN4O2/c1-12-4-5-14(10-16(12)18-17(20)11-21-24(18)2)23-19(25)22-13-6-8-15(26-3)9-7-13/h4-11H,1-3H3,(H2,22,23,25). The van der Waals surface area contributed by atoms with Gasteiger partial charge in [0.25, 0.3) is 0 Å². The number of anilines is 2. The Morgan fingerprint density at radius 1 is 1.12 bits per heavy atom. The number of amides is 2. The number of urea groups is 1. The van der Waals surface area contributed by atoms with Crippen molar-refractivity contribution in [3.63, 3.8) is 0 Å². The molecule has 2 amide bonds. The van der Waals surface area contributed by atoms with Crippen LogP contribution in [-0.2, 0) is 7.05 Å². The molecule has 134 valence electrons. The number of carbonyl (C=O) groups excluding carboxylic acids is 1. The lowest BCUT2D eigenvalue weighted by molar-refractivity contribution is 0.262. The van der Waals surface area contributed by atoms with Crippen molar-refractivity contribution in [1.29, 1.82) is 0 Å². The van der Waals surface area contributed by atoms with Crippen LogP contribution in [0, 0.1) is 6.92 Å². The molecule has 3 rings (SSSR count). The quantitative estimate of drug-likeness (QED) is 0.643. The van der Waals surface area contributed by atoms with Crippen LogP contribution in [0.3, 0.4) is 0 Å². The molecule has 0 aliphatic heterocycles. The van der Waals surface area contributed by atoms with Crippen molar-refractivity contribution in [2.75, 3.05) is 17.7 Å². The smallest absolute Gasteiger partial charge is 0.323 e. The number of halogens is 1. The van der Waals surface area contributed by atoms with Crippen LogP contribution in [0.4, 0.5) is 16.2 Å². The van der Waals surface area contributed by atoms with Gasteiger partial charge in [0.1, 0.15) is 5.75 Å². The number of aryl methyl sites for hydroxylation is 2. The molecule has 1 heterocycles. The van der Waals surface area contributed by atoms with E-state index in [1.54, 1.807) is 42.3 Å². The van der Waals surface area contributed by atoms with Crippen molar-refractivity contribution in [3.8, 4) is 17.0 Å². The second kappa shape index (κ2) is 7.61. The van der Waals surface area contributed by atoms with Gasteiger partial charge in [-0.1, -0.05) is 6.07 Å². The molecule has 0 spiro atoms. The monoisotopic (exact) mass is 414 g/mol. The Kier molecular flexibility index (Phi) is 5.27. The molecule has 0 saturated carbocycles. The molecule has 6 nitrogen and oxygen atoms in total. The number of carbonyl (C=O) groups is 1. The molecule has 0 atom stereocenters. The SMILES string of the molecule is COc1ccc(NC(=O)Nc2ccc(C)c(-c3c(Br)cnn3C)c2)cc1. The number of aromatic nitrogens is 2. The molecule has 7 heteroatoms. The Morgan fingerprint density at radius 3 is 2.38 bits per heavy atom. The van der Waals surface area contributed by atoms with E-state index in [4.69, 9.17) is 4.74 Å². The van der Waals surface area contributed by atoms with Gasteiger partial charge in [-0.3, -0.25) is 4.68 Å². The lowest BCUT2D eigenvalue weighted by Crippen LogP contribution is -2.19. The van der Waals surface area contributed by atoms with Crippen LogP contribution >= 0.6 is 15.9 Å². The zero-order chi connectivity index (χ0) is 18.7. The van der Waals surface area contributed by atoms with E-state index in [0.29, 0.717) is 11.4 Å². The Morgan fingerprint density at radius 2 is 1.77 bits per heavy atom. The zero-order valence-electron chi connectivity index (χ0n) is 14.7. The summed E-state index contributed by atoms with van der Waals surface area (Å²) in [5.41, 5.74) is 4.44. The Labute approximate surface area is 160 Å². The minimum atomic E-state index is -0.311. The number of benzene rings is 2.